The van der Waals surface area contributed by atoms with Crippen molar-refractivity contribution in [1.82, 2.24) is 10.6 Å². The van der Waals surface area contributed by atoms with Crippen molar-refractivity contribution in [3.05, 3.63) is 29.8 Å². The van der Waals surface area contributed by atoms with Crippen molar-refractivity contribution >= 4 is 18.3 Å². The van der Waals surface area contributed by atoms with Crippen molar-refractivity contribution in [3.8, 4) is 5.75 Å². The summed E-state index contributed by atoms with van der Waals surface area (Å²) in [7, 11) is 1.85. The summed E-state index contributed by atoms with van der Waals surface area (Å²) in [5.74, 6) is 0.618. The largest absolute Gasteiger partial charge is 0.484 e. The Morgan fingerprint density at radius 3 is 2.25 bits per heavy atom. The molecule has 0 aromatic heterocycles. The topological polar surface area (TPSA) is 50.4 Å². The number of amides is 1. The molecule has 0 bridgehead atoms. The van der Waals surface area contributed by atoms with E-state index in [0.717, 1.165) is 12.3 Å². The summed E-state index contributed by atoms with van der Waals surface area (Å²) >= 11 is 0. The highest BCUT2D eigenvalue weighted by Gasteiger charge is 2.13. The van der Waals surface area contributed by atoms with Gasteiger partial charge in [0, 0.05) is 13.1 Å². The number of halogens is 1. The zero-order chi connectivity index (χ0) is 14.3. The number of nitrogens with one attached hydrogen (secondary N) is 2. The lowest BCUT2D eigenvalue weighted by Crippen LogP contribution is -2.33. The van der Waals surface area contributed by atoms with Gasteiger partial charge in [-0.2, -0.15) is 0 Å². The van der Waals surface area contributed by atoms with Crippen LogP contribution >= 0.6 is 12.4 Å². The molecule has 20 heavy (non-hydrogen) atoms. The first-order chi connectivity index (χ1) is 8.93. The summed E-state index contributed by atoms with van der Waals surface area (Å²) in [4.78, 5) is 11.5. The molecule has 114 valence electrons. The van der Waals surface area contributed by atoms with Crippen LogP contribution in [0.3, 0.4) is 0 Å². The summed E-state index contributed by atoms with van der Waals surface area (Å²) in [5, 5.41) is 5.72. The number of hydrogen-bond donors (Lipinski definition) is 2. The average Bonchev–Trinajstić information content (AvgIpc) is 2.36. The number of hydrogen-bond acceptors (Lipinski definition) is 3. The van der Waals surface area contributed by atoms with Gasteiger partial charge in [0.15, 0.2) is 6.61 Å². The number of carbonyl (C=O) groups excluding carboxylic acids is 1. The molecule has 0 unspecified atom stereocenters. The molecular weight excluding hydrogens is 276 g/mol. The van der Waals surface area contributed by atoms with E-state index in [1.807, 2.05) is 31.3 Å². The van der Waals surface area contributed by atoms with Gasteiger partial charge < -0.3 is 15.4 Å². The molecule has 0 saturated heterocycles. The molecule has 0 aliphatic carbocycles. The maximum atomic E-state index is 11.5. The Hall–Kier alpha value is -1.26. The Labute approximate surface area is 127 Å². The van der Waals surface area contributed by atoms with Gasteiger partial charge in [-0.25, -0.2) is 0 Å². The molecule has 0 fully saturated rings. The normalized spacial score (nSPS) is 10.6. The Morgan fingerprint density at radius 1 is 1.15 bits per heavy atom. The van der Waals surface area contributed by atoms with Gasteiger partial charge in [-0.15, -0.1) is 12.4 Å². The number of likely N-dealkylation sites (N-methyl/N-ethyl adjacent to an activating group) is 1. The van der Waals surface area contributed by atoms with E-state index in [1.165, 1.54) is 5.56 Å². The third-order valence-corrected chi connectivity index (χ3v) is 2.79. The minimum Gasteiger partial charge on any atom is -0.484 e. The SMILES string of the molecule is CNCCNC(=O)COc1ccc(C(C)(C)C)cc1.Cl. The van der Waals surface area contributed by atoms with Crippen LogP contribution in [0.5, 0.6) is 5.75 Å². The van der Waals surface area contributed by atoms with Crippen molar-refractivity contribution in [3.63, 3.8) is 0 Å². The number of carbonyl (C=O) groups is 1. The second-order valence-electron chi connectivity index (χ2n) is 5.52. The van der Waals surface area contributed by atoms with Crippen LogP contribution in [0, 0.1) is 0 Å². The van der Waals surface area contributed by atoms with Gasteiger partial charge in [0.2, 0.25) is 0 Å². The van der Waals surface area contributed by atoms with E-state index in [-0.39, 0.29) is 30.3 Å². The number of ether oxygens (including phenoxy) is 1. The van der Waals surface area contributed by atoms with Gasteiger partial charge in [-0.1, -0.05) is 32.9 Å². The molecule has 1 rings (SSSR count). The molecule has 0 saturated carbocycles. The first-order valence-electron chi connectivity index (χ1n) is 6.58. The molecule has 0 aliphatic rings. The van der Waals surface area contributed by atoms with E-state index in [9.17, 15) is 4.79 Å². The average molecular weight is 301 g/mol. The lowest BCUT2D eigenvalue weighted by molar-refractivity contribution is -0.123. The molecule has 4 nitrogen and oxygen atoms in total. The van der Waals surface area contributed by atoms with Crippen molar-refractivity contribution < 1.29 is 9.53 Å². The van der Waals surface area contributed by atoms with Gasteiger partial charge in [-0.05, 0) is 30.2 Å². The van der Waals surface area contributed by atoms with Crippen molar-refractivity contribution in [2.24, 2.45) is 0 Å². The third-order valence-electron chi connectivity index (χ3n) is 2.79. The van der Waals surface area contributed by atoms with Crippen LogP contribution in [0.2, 0.25) is 0 Å². The molecule has 0 spiro atoms. The molecule has 2 N–H and O–H groups in total. The fraction of sp³-hybridized carbons (Fsp3) is 0.533. The van der Waals surface area contributed by atoms with Crippen molar-refractivity contribution in [1.29, 1.82) is 0 Å². The fourth-order valence-electron chi connectivity index (χ4n) is 1.58. The summed E-state index contributed by atoms with van der Waals surface area (Å²) in [6.45, 7) is 7.92. The molecule has 5 heteroatoms. The maximum Gasteiger partial charge on any atom is 0.257 e. The van der Waals surface area contributed by atoms with E-state index in [0.29, 0.717) is 6.54 Å². The summed E-state index contributed by atoms with van der Waals surface area (Å²) in [6, 6.07) is 7.88. The summed E-state index contributed by atoms with van der Waals surface area (Å²) < 4.78 is 5.43. The molecule has 0 atom stereocenters. The van der Waals surface area contributed by atoms with E-state index < -0.39 is 0 Å². The Bertz CT molecular complexity index is 399. The molecule has 0 heterocycles. The maximum absolute atomic E-state index is 11.5. The standard InChI is InChI=1S/C15H24N2O2.ClH/c1-15(2,3)12-5-7-13(8-6-12)19-11-14(18)17-10-9-16-4;/h5-8,16H,9-11H2,1-4H3,(H,17,18);1H. The predicted molar refractivity (Wildman–Crippen MR) is 84.8 cm³/mol. The molecule has 1 aromatic rings. The first kappa shape index (κ1) is 18.7. The molecule has 0 aliphatic heterocycles. The van der Waals surface area contributed by atoms with E-state index in [4.69, 9.17) is 4.74 Å². The lowest BCUT2D eigenvalue weighted by Gasteiger charge is -2.19. The zero-order valence-electron chi connectivity index (χ0n) is 12.7. The number of rotatable bonds is 6. The molecule has 0 radical (unpaired) electrons. The molecule has 1 aromatic carbocycles. The van der Waals surface area contributed by atoms with Crippen LogP contribution in [0.15, 0.2) is 24.3 Å². The second kappa shape index (κ2) is 8.82. The van der Waals surface area contributed by atoms with Gasteiger partial charge in [0.05, 0.1) is 0 Å². The minimum absolute atomic E-state index is 0. The van der Waals surface area contributed by atoms with Crippen molar-refractivity contribution in [2.45, 2.75) is 26.2 Å². The quantitative estimate of drug-likeness (QED) is 0.791. The van der Waals surface area contributed by atoms with Crippen LogP contribution in [0.4, 0.5) is 0 Å². The highest BCUT2D eigenvalue weighted by Crippen LogP contribution is 2.24. The van der Waals surface area contributed by atoms with Gasteiger partial charge >= 0.3 is 0 Å². The van der Waals surface area contributed by atoms with Crippen LogP contribution < -0.4 is 15.4 Å². The smallest absolute Gasteiger partial charge is 0.257 e. The first-order valence-corrected chi connectivity index (χ1v) is 6.58. The van der Waals surface area contributed by atoms with Gasteiger partial charge in [0.1, 0.15) is 5.75 Å². The van der Waals surface area contributed by atoms with Crippen LogP contribution in [-0.2, 0) is 10.2 Å². The summed E-state index contributed by atoms with van der Waals surface area (Å²) in [6.07, 6.45) is 0. The van der Waals surface area contributed by atoms with Crippen molar-refractivity contribution in [2.75, 3.05) is 26.7 Å². The molecule has 1 amide bonds. The van der Waals surface area contributed by atoms with Gasteiger partial charge in [0.25, 0.3) is 5.91 Å². The highest BCUT2D eigenvalue weighted by atomic mass is 35.5. The van der Waals surface area contributed by atoms with Crippen LogP contribution in [0.1, 0.15) is 26.3 Å². The van der Waals surface area contributed by atoms with Crippen LogP contribution in [0.25, 0.3) is 0 Å². The van der Waals surface area contributed by atoms with E-state index in [2.05, 4.69) is 31.4 Å². The second-order valence-corrected chi connectivity index (χ2v) is 5.52. The third kappa shape index (κ3) is 6.78. The Kier molecular flexibility index (Phi) is 8.26. The fourth-order valence-corrected chi connectivity index (χ4v) is 1.58. The zero-order valence-corrected chi connectivity index (χ0v) is 13.5. The predicted octanol–water partition coefficient (Wildman–Crippen LogP) is 2.12. The Morgan fingerprint density at radius 2 is 1.75 bits per heavy atom. The minimum atomic E-state index is -0.102. The molecular formula is C15H25ClN2O2. The highest BCUT2D eigenvalue weighted by molar-refractivity contribution is 5.85. The lowest BCUT2D eigenvalue weighted by atomic mass is 9.87. The van der Waals surface area contributed by atoms with E-state index in [1.54, 1.807) is 0 Å². The summed E-state index contributed by atoms with van der Waals surface area (Å²) in [5.41, 5.74) is 1.38. The monoisotopic (exact) mass is 300 g/mol. The number of benzene rings is 1. The van der Waals surface area contributed by atoms with Crippen LogP contribution in [-0.4, -0.2) is 32.7 Å². The van der Waals surface area contributed by atoms with E-state index >= 15 is 0 Å². The Balaban J connectivity index is 0.00000361. The van der Waals surface area contributed by atoms with Gasteiger partial charge in [-0.3, -0.25) is 4.79 Å².